The van der Waals surface area contributed by atoms with Gasteiger partial charge in [-0.25, -0.2) is 4.98 Å². The molecule has 2 aromatic carbocycles. The van der Waals surface area contributed by atoms with Crippen LogP contribution >= 0.6 is 0 Å². The molecule has 0 amide bonds. The highest BCUT2D eigenvalue weighted by molar-refractivity contribution is 5.56. The molecule has 0 saturated carbocycles. The molecule has 0 saturated heterocycles. The van der Waals surface area contributed by atoms with E-state index < -0.39 is 17.6 Å². The number of halogens is 3. The van der Waals surface area contributed by atoms with Crippen molar-refractivity contribution >= 4 is 0 Å². The van der Waals surface area contributed by atoms with E-state index in [-0.39, 0.29) is 12.4 Å². The van der Waals surface area contributed by atoms with Crippen LogP contribution in [-0.4, -0.2) is 9.97 Å². The molecule has 3 aromatic rings. The minimum Gasteiger partial charge on any atom is -0.472 e. The fraction of sp³-hybridized carbons (Fsp3) is 0.238. The molecular formula is C21H19F3N2O. The van der Waals surface area contributed by atoms with E-state index in [1.807, 2.05) is 18.2 Å². The highest BCUT2D eigenvalue weighted by atomic mass is 19.4. The first kappa shape index (κ1) is 18.9. The van der Waals surface area contributed by atoms with Crippen molar-refractivity contribution in [2.45, 2.75) is 32.5 Å². The normalized spacial score (nSPS) is 11.6. The predicted octanol–water partition coefficient (Wildman–Crippen LogP) is 5.86. The van der Waals surface area contributed by atoms with Crippen molar-refractivity contribution in [2.75, 3.05) is 0 Å². The molecule has 0 aliphatic rings. The molecule has 0 N–H and O–H groups in total. The fourth-order valence-corrected chi connectivity index (χ4v) is 2.55. The summed E-state index contributed by atoms with van der Waals surface area (Å²) in [6.45, 7) is 4.13. The minimum absolute atomic E-state index is 0.00728. The predicted molar refractivity (Wildman–Crippen MR) is 97.3 cm³/mol. The van der Waals surface area contributed by atoms with Gasteiger partial charge in [-0.2, -0.15) is 18.2 Å². The summed E-state index contributed by atoms with van der Waals surface area (Å²) >= 11 is 0. The first-order valence-electron chi connectivity index (χ1n) is 8.56. The molecule has 140 valence electrons. The van der Waals surface area contributed by atoms with E-state index in [2.05, 4.69) is 23.8 Å². The highest BCUT2D eigenvalue weighted by Crippen LogP contribution is 2.36. The molecule has 3 nitrogen and oxygen atoms in total. The Bertz CT molecular complexity index is 892. The van der Waals surface area contributed by atoms with Gasteiger partial charge in [0.15, 0.2) is 5.82 Å². The maximum absolute atomic E-state index is 13.3. The Labute approximate surface area is 155 Å². The monoisotopic (exact) mass is 372 g/mol. The summed E-state index contributed by atoms with van der Waals surface area (Å²) in [7, 11) is 0. The van der Waals surface area contributed by atoms with Gasteiger partial charge in [0.25, 0.3) is 0 Å². The summed E-state index contributed by atoms with van der Waals surface area (Å²) in [5, 5.41) is 0. The van der Waals surface area contributed by atoms with Gasteiger partial charge in [0.05, 0.1) is 0 Å². The van der Waals surface area contributed by atoms with Crippen molar-refractivity contribution < 1.29 is 17.9 Å². The number of rotatable bonds is 5. The first-order valence-corrected chi connectivity index (χ1v) is 8.56. The van der Waals surface area contributed by atoms with Crippen LogP contribution in [0.5, 0.6) is 5.88 Å². The average molecular weight is 372 g/mol. The Balaban J connectivity index is 1.92. The second-order valence-electron chi connectivity index (χ2n) is 6.46. The number of aromatic nitrogens is 2. The van der Waals surface area contributed by atoms with E-state index in [1.165, 1.54) is 0 Å². The lowest BCUT2D eigenvalue weighted by Gasteiger charge is -2.14. The lowest BCUT2D eigenvalue weighted by atomic mass is 10.0. The van der Waals surface area contributed by atoms with Gasteiger partial charge in [-0.05, 0) is 17.0 Å². The van der Waals surface area contributed by atoms with Crippen molar-refractivity contribution in [1.29, 1.82) is 0 Å². The number of ether oxygens (including phenoxy) is 1. The summed E-state index contributed by atoms with van der Waals surface area (Å²) in [5.41, 5.74) is 1.54. The molecule has 0 fully saturated rings. The number of benzene rings is 2. The lowest BCUT2D eigenvalue weighted by molar-refractivity contribution is -0.139. The van der Waals surface area contributed by atoms with E-state index in [1.54, 1.807) is 36.4 Å². The average Bonchev–Trinajstić information content (AvgIpc) is 2.66. The molecule has 0 radical (unpaired) electrons. The van der Waals surface area contributed by atoms with E-state index in [9.17, 15) is 13.2 Å². The molecule has 3 rings (SSSR count). The fourth-order valence-electron chi connectivity index (χ4n) is 2.55. The van der Waals surface area contributed by atoms with Crippen LogP contribution in [-0.2, 0) is 12.8 Å². The van der Waals surface area contributed by atoms with Crippen LogP contribution in [0.1, 0.15) is 36.5 Å². The second-order valence-corrected chi connectivity index (χ2v) is 6.46. The van der Waals surface area contributed by atoms with E-state index in [0.29, 0.717) is 11.5 Å². The third-order valence-electron chi connectivity index (χ3n) is 4.11. The zero-order chi connectivity index (χ0) is 19.4. The highest BCUT2D eigenvalue weighted by Gasteiger charge is 2.36. The van der Waals surface area contributed by atoms with Gasteiger partial charge in [-0.15, -0.1) is 0 Å². The molecule has 0 aliphatic heterocycles. The van der Waals surface area contributed by atoms with E-state index in [4.69, 9.17) is 4.74 Å². The minimum atomic E-state index is -4.59. The summed E-state index contributed by atoms with van der Waals surface area (Å²) in [5.74, 6) is 0.0861. The summed E-state index contributed by atoms with van der Waals surface area (Å²) in [6.07, 6.45) is -3.81. The molecule has 1 aromatic heterocycles. The third kappa shape index (κ3) is 4.64. The molecule has 0 unspecified atom stereocenters. The Hall–Kier alpha value is -2.89. The molecule has 1 heterocycles. The molecule has 0 aliphatic carbocycles. The number of nitrogens with zero attached hydrogens (tertiary/aromatic N) is 2. The SMILES string of the molecule is CC(C)c1ccc(-c2ncc(C(F)(F)F)c(OCc3ccccc3)n2)cc1. The maximum Gasteiger partial charge on any atom is 0.423 e. The first-order chi connectivity index (χ1) is 12.8. The van der Waals surface area contributed by atoms with Crippen LogP contribution in [0, 0.1) is 0 Å². The van der Waals surface area contributed by atoms with Crippen molar-refractivity contribution in [3.05, 3.63) is 77.5 Å². The second kappa shape index (κ2) is 7.78. The van der Waals surface area contributed by atoms with Crippen LogP contribution in [0.2, 0.25) is 0 Å². The topological polar surface area (TPSA) is 35.0 Å². The van der Waals surface area contributed by atoms with Crippen LogP contribution in [0.4, 0.5) is 13.2 Å². The number of alkyl halides is 3. The standard InChI is InChI=1S/C21H19F3N2O/c1-14(2)16-8-10-17(11-9-16)19-25-12-18(21(22,23)24)20(26-19)27-13-15-6-4-3-5-7-15/h3-12,14H,13H2,1-2H3. The molecule has 0 bridgehead atoms. The van der Waals surface area contributed by atoms with Crippen molar-refractivity contribution in [3.63, 3.8) is 0 Å². The van der Waals surface area contributed by atoms with E-state index in [0.717, 1.165) is 17.3 Å². The van der Waals surface area contributed by atoms with Gasteiger partial charge in [0.1, 0.15) is 12.2 Å². The van der Waals surface area contributed by atoms with Crippen molar-refractivity contribution in [1.82, 2.24) is 9.97 Å². The Morgan fingerprint density at radius 2 is 1.63 bits per heavy atom. The van der Waals surface area contributed by atoms with Gasteiger partial charge in [0, 0.05) is 11.8 Å². The molecule has 0 spiro atoms. The van der Waals surface area contributed by atoms with Gasteiger partial charge < -0.3 is 4.74 Å². The van der Waals surface area contributed by atoms with Crippen LogP contribution in [0.25, 0.3) is 11.4 Å². The molecule has 27 heavy (non-hydrogen) atoms. The quantitative estimate of drug-likeness (QED) is 0.562. The van der Waals surface area contributed by atoms with Crippen molar-refractivity contribution in [2.24, 2.45) is 0 Å². The van der Waals surface area contributed by atoms with Gasteiger partial charge >= 0.3 is 6.18 Å². The zero-order valence-corrected chi connectivity index (χ0v) is 15.0. The van der Waals surface area contributed by atoms with E-state index >= 15 is 0 Å². The van der Waals surface area contributed by atoms with Crippen molar-refractivity contribution in [3.8, 4) is 17.3 Å². The summed E-state index contributed by atoms with van der Waals surface area (Å²) in [4.78, 5) is 7.94. The molecule has 0 atom stereocenters. The largest absolute Gasteiger partial charge is 0.472 e. The summed E-state index contributed by atoms with van der Waals surface area (Å²) < 4.78 is 45.3. The molecular weight excluding hydrogens is 353 g/mol. The van der Waals surface area contributed by atoms with Crippen LogP contribution in [0.3, 0.4) is 0 Å². The van der Waals surface area contributed by atoms with Gasteiger partial charge in [0.2, 0.25) is 5.88 Å². The maximum atomic E-state index is 13.3. The lowest BCUT2D eigenvalue weighted by Crippen LogP contribution is -2.11. The number of hydrogen-bond donors (Lipinski definition) is 0. The van der Waals surface area contributed by atoms with Crippen LogP contribution < -0.4 is 4.74 Å². The van der Waals surface area contributed by atoms with Gasteiger partial charge in [-0.1, -0.05) is 68.4 Å². The Morgan fingerprint density at radius 1 is 0.963 bits per heavy atom. The van der Waals surface area contributed by atoms with Gasteiger partial charge in [-0.3, -0.25) is 0 Å². The summed E-state index contributed by atoms with van der Waals surface area (Å²) in [6, 6.07) is 16.4. The third-order valence-corrected chi connectivity index (χ3v) is 4.11. The smallest absolute Gasteiger partial charge is 0.423 e. The Kier molecular flexibility index (Phi) is 5.44. The number of hydrogen-bond acceptors (Lipinski definition) is 3. The Morgan fingerprint density at radius 3 is 2.22 bits per heavy atom. The molecule has 6 heteroatoms. The van der Waals surface area contributed by atoms with Crippen LogP contribution in [0.15, 0.2) is 60.8 Å². The zero-order valence-electron chi connectivity index (χ0n) is 15.0.